The van der Waals surface area contributed by atoms with E-state index in [0.717, 1.165) is 70.0 Å². The minimum Gasteiger partial charge on any atom is -0.507 e. The van der Waals surface area contributed by atoms with Crippen LogP contribution < -0.4 is 4.74 Å². The number of aromatic hydroxyl groups is 1. The lowest BCUT2D eigenvalue weighted by atomic mass is 9.54. The molecule has 0 aliphatic heterocycles. The van der Waals surface area contributed by atoms with Gasteiger partial charge in [-0.3, -0.25) is 0 Å². The van der Waals surface area contributed by atoms with Crippen molar-refractivity contribution in [3.05, 3.63) is 112 Å². The normalized spacial score (nSPS) is 27.2. The lowest BCUT2D eigenvalue weighted by molar-refractivity contribution is 0.0762. The Balaban J connectivity index is 1.26. The molecular formula is C66H87NO2. The van der Waals surface area contributed by atoms with Gasteiger partial charge in [0.05, 0.1) is 18.5 Å². The van der Waals surface area contributed by atoms with Crippen LogP contribution in [0.5, 0.6) is 11.5 Å². The van der Waals surface area contributed by atoms with Gasteiger partial charge in [-0.1, -0.05) is 145 Å². The van der Waals surface area contributed by atoms with Crippen LogP contribution >= 0.6 is 0 Å². The second-order valence-corrected chi connectivity index (χ2v) is 26.8. The predicted octanol–water partition coefficient (Wildman–Crippen LogP) is 18.5. The van der Waals surface area contributed by atoms with Crippen LogP contribution in [0.1, 0.15) is 206 Å². The van der Waals surface area contributed by atoms with Crippen molar-refractivity contribution < 1.29 is 9.84 Å². The molecule has 0 saturated heterocycles. The van der Waals surface area contributed by atoms with E-state index < -0.39 is 0 Å². The number of hydrogen-bond acceptors (Lipinski definition) is 3. The van der Waals surface area contributed by atoms with Gasteiger partial charge in [-0.25, -0.2) is 4.98 Å². The number of hydrogen-bond donors (Lipinski definition) is 1. The fourth-order valence-corrected chi connectivity index (χ4v) is 14.9. The highest BCUT2D eigenvalue weighted by molar-refractivity contribution is 5.89. The molecule has 4 bridgehead atoms. The molecule has 4 atom stereocenters. The lowest BCUT2D eigenvalue weighted by Crippen LogP contribution is -2.42. The molecule has 5 aromatic rings. The van der Waals surface area contributed by atoms with Gasteiger partial charge in [-0.2, -0.15) is 0 Å². The number of aromatic nitrogens is 1. The average Bonchev–Trinajstić information content (AvgIpc) is 3.26. The monoisotopic (exact) mass is 926 g/mol. The Morgan fingerprint density at radius 2 is 0.986 bits per heavy atom. The molecule has 0 amide bonds. The van der Waals surface area contributed by atoms with Gasteiger partial charge in [0.2, 0.25) is 0 Å². The first-order valence-corrected chi connectivity index (χ1v) is 27.3. The molecule has 1 N–H and O–H groups in total. The van der Waals surface area contributed by atoms with Gasteiger partial charge >= 0.3 is 0 Å². The predicted molar refractivity (Wildman–Crippen MR) is 293 cm³/mol. The Morgan fingerprint density at radius 3 is 1.48 bits per heavy atom. The van der Waals surface area contributed by atoms with Crippen LogP contribution in [0.2, 0.25) is 0 Å². The van der Waals surface area contributed by atoms with Crippen LogP contribution in [0.4, 0.5) is 0 Å². The van der Waals surface area contributed by atoms with Gasteiger partial charge in [0.15, 0.2) is 0 Å². The van der Waals surface area contributed by atoms with Crippen molar-refractivity contribution >= 4 is 0 Å². The van der Waals surface area contributed by atoms with Crippen LogP contribution in [0, 0.1) is 35.5 Å². The molecule has 3 heteroatoms. The molecule has 69 heavy (non-hydrogen) atoms. The molecule has 9 rings (SSSR count). The summed E-state index contributed by atoms with van der Waals surface area (Å²) >= 11 is 0. The molecule has 4 fully saturated rings. The van der Waals surface area contributed by atoms with Crippen LogP contribution in [0.25, 0.3) is 44.8 Å². The summed E-state index contributed by atoms with van der Waals surface area (Å²) in [5, 5.41) is 13.0. The van der Waals surface area contributed by atoms with Gasteiger partial charge in [-0.05, 0) is 196 Å². The number of methoxy groups -OCH3 is 1. The van der Waals surface area contributed by atoms with Crippen molar-refractivity contribution in [1.82, 2.24) is 4.98 Å². The van der Waals surface area contributed by atoms with Gasteiger partial charge in [0, 0.05) is 34.4 Å². The molecule has 3 nitrogen and oxygen atoms in total. The van der Waals surface area contributed by atoms with E-state index in [1.54, 1.807) is 12.7 Å². The molecule has 1 heterocycles. The summed E-state index contributed by atoms with van der Waals surface area (Å²) in [6, 6.07) is 30.7. The molecule has 4 aliphatic carbocycles. The highest BCUT2D eigenvalue weighted by atomic mass is 16.5. The third-order valence-corrected chi connectivity index (χ3v) is 17.8. The van der Waals surface area contributed by atoms with Crippen LogP contribution in [0.15, 0.2) is 78.9 Å². The number of ether oxygens (including phenoxy) is 1. The van der Waals surface area contributed by atoms with E-state index in [1.807, 2.05) is 0 Å². The average molecular weight is 926 g/mol. The number of phenolic OH excluding ortho intramolecular Hbond substituents is 1. The first kappa shape index (κ1) is 49.6. The van der Waals surface area contributed by atoms with Crippen molar-refractivity contribution in [3.63, 3.8) is 0 Å². The van der Waals surface area contributed by atoms with E-state index in [0.29, 0.717) is 35.3 Å². The maximum Gasteiger partial charge on any atom is 0.127 e. The molecule has 0 radical (unpaired) electrons. The third-order valence-electron chi connectivity index (χ3n) is 17.8. The van der Waals surface area contributed by atoms with Crippen LogP contribution in [-0.2, 0) is 21.7 Å². The second kappa shape index (κ2) is 18.3. The molecule has 0 spiro atoms. The van der Waals surface area contributed by atoms with E-state index in [2.05, 4.69) is 176 Å². The van der Waals surface area contributed by atoms with Gasteiger partial charge in [-0.15, -0.1) is 0 Å². The van der Waals surface area contributed by atoms with Crippen molar-refractivity contribution in [1.29, 1.82) is 0 Å². The van der Waals surface area contributed by atoms with Crippen LogP contribution in [-0.4, -0.2) is 17.2 Å². The molecule has 4 aromatic carbocycles. The summed E-state index contributed by atoms with van der Waals surface area (Å²) < 4.78 is 6.27. The van der Waals surface area contributed by atoms with Crippen molar-refractivity contribution in [3.8, 4) is 56.3 Å². The van der Waals surface area contributed by atoms with E-state index in [1.165, 1.54) is 90.3 Å². The Hall–Kier alpha value is -4.37. The standard InChI is InChI=1S/C66H87NO2/c1-39(2)47-16-18-54(49-24-50(63(9,10)11)28-52(25-49)65-33-41(5)20-45(37-65)21-42(6)34-65)56(26-47)60-31-53(69-15)32-61(67-60)57-27-48(40(3)4)17-19-55(57)58-29-51(64(12,13)14)30-59(62(58)68)66-35-43(7)22-46(38-66)23-44(8)36-66/h16-19,24-32,39-46,68H,20-23,33-38H2,1-15H3. The highest BCUT2D eigenvalue weighted by Crippen LogP contribution is 2.59. The zero-order valence-electron chi connectivity index (χ0n) is 45.5. The number of phenols is 1. The zero-order chi connectivity index (χ0) is 49.5. The summed E-state index contributed by atoms with van der Waals surface area (Å²) in [5.41, 5.74) is 16.4. The smallest absolute Gasteiger partial charge is 0.127 e. The third kappa shape index (κ3) is 9.73. The van der Waals surface area contributed by atoms with Crippen molar-refractivity contribution in [2.45, 2.75) is 195 Å². The maximum atomic E-state index is 13.0. The molecule has 368 valence electrons. The van der Waals surface area contributed by atoms with Crippen LogP contribution in [0.3, 0.4) is 0 Å². The minimum atomic E-state index is -0.110. The van der Waals surface area contributed by atoms with E-state index in [9.17, 15) is 5.11 Å². The van der Waals surface area contributed by atoms with Gasteiger partial charge < -0.3 is 9.84 Å². The minimum absolute atomic E-state index is 0.0137. The molecular weight excluding hydrogens is 839 g/mol. The highest BCUT2D eigenvalue weighted by Gasteiger charge is 2.48. The second-order valence-electron chi connectivity index (χ2n) is 26.8. The Bertz CT molecular complexity index is 2660. The number of fused-ring (bicyclic) bond motifs is 4. The van der Waals surface area contributed by atoms with Crippen molar-refractivity contribution in [2.75, 3.05) is 7.11 Å². The fourth-order valence-electron chi connectivity index (χ4n) is 14.9. The summed E-state index contributed by atoms with van der Waals surface area (Å²) in [6.07, 6.45) is 12.6. The quantitative estimate of drug-likeness (QED) is 0.160. The first-order valence-electron chi connectivity index (χ1n) is 27.3. The maximum absolute atomic E-state index is 13.0. The van der Waals surface area contributed by atoms with Gasteiger partial charge in [0.25, 0.3) is 0 Å². The number of rotatable bonds is 9. The Morgan fingerprint density at radius 1 is 0.522 bits per heavy atom. The number of nitrogens with zero attached hydrogens (tertiary/aromatic N) is 1. The zero-order valence-corrected chi connectivity index (χ0v) is 45.5. The van der Waals surface area contributed by atoms with Crippen molar-refractivity contribution in [2.24, 2.45) is 35.5 Å². The molecule has 4 aliphatic rings. The SMILES string of the molecule is COc1cc(-c2cc(C(C)C)ccc2-c2cc(C(C)(C)C)cc(C34CC(C)CC(CC(C)C3)C4)c2)nc(-c2cc(C(C)C)ccc2-c2cc(C(C)(C)C)cc(C34CC(C)CC(CC(C)C3)C4)c2O)c1. The van der Waals surface area contributed by atoms with Gasteiger partial charge in [0.1, 0.15) is 11.5 Å². The summed E-state index contributed by atoms with van der Waals surface area (Å²) in [5.74, 6) is 6.16. The number of pyridine rings is 1. The molecule has 4 saturated carbocycles. The molecule has 1 aromatic heterocycles. The Kier molecular flexibility index (Phi) is 13.2. The fraction of sp³-hybridized carbons (Fsp3) is 0.561. The summed E-state index contributed by atoms with van der Waals surface area (Å²) in [7, 11) is 1.79. The van der Waals surface area contributed by atoms with E-state index >= 15 is 0 Å². The Labute approximate surface area is 418 Å². The lowest BCUT2D eigenvalue weighted by Gasteiger charge is -2.51. The summed E-state index contributed by atoms with van der Waals surface area (Å²) in [6.45, 7) is 33.1. The van der Waals surface area contributed by atoms with E-state index in [-0.39, 0.29) is 21.7 Å². The first-order chi connectivity index (χ1) is 32.4. The molecule has 4 unspecified atom stereocenters. The van der Waals surface area contributed by atoms with E-state index in [4.69, 9.17) is 9.72 Å². The summed E-state index contributed by atoms with van der Waals surface area (Å²) in [4.78, 5) is 5.77. The largest absolute Gasteiger partial charge is 0.507 e. The topological polar surface area (TPSA) is 42.4 Å². The number of benzene rings is 4.